The Balaban J connectivity index is 1.61. The Morgan fingerprint density at radius 2 is 1.86 bits per heavy atom. The van der Waals surface area contributed by atoms with Crippen LogP contribution >= 0.6 is 0 Å². The van der Waals surface area contributed by atoms with Gasteiger partial charge in [0.1, 0.15) is 6.04 Å². The van der Waals surface area contributed by atoms with Crippen molar-refractivity contribution in [2.45, 2.75) is 44.6 Å². The summed E-state index contributed by atoms with van der Waals surface area (Å²) in [5.41, 5.74) is 1.77. The summed E-state index contributed by atoms with van der Waals surface area (Å²) in [5, 5.41) is 2.73. The lowest BCUT2D eigenvalue weighted by Crippen LogP contribution is -3.16. The van der Waals surface area contributed by atoms with Crippen LogP contribution in [0.25, 0.3) is 0 Å². The zero-order valence-corrected chi connectivity index (χ0v) is 17.5. The Morgan fingerprint density at radius 3 is 2.46 bits per heavy atom. The normalized spacial score (nSPS) is 22.0. The maximum Gasteiger partial charge on any atom is 0.329 e. The molecule has 0 bridgehead atoms. The third-order valence-corrected chi connectivity index (χ3v) is 7.50. The van der Waals surface area contributed by atoms with Crippen molar-refractivity contribution < 1.29 is 22.9 Å². The number of quaternary nitrogens is 1. The van der Waals surface area contributed by atoms with E-state index in [-0.39, 0.29) is 18.6 Å². The number of carbonyl (C=O) groups is 2. The lowest BCUT2D eigenvalue weighted by molar-refractivity contribution is -0.910. The van der Waals surface area contributed by atoms with Crippen molar-refractivity contribution in [3.8, 4) is 0 Å². The van der Waals surface area contributed by atoms with Gasteiger partial charge in [-0.1, -0.05) is 31.0 Å². The quantitative estimate of drug-likeness (QED) is 0.641. The first-order chi connectivity index (χ1) is 13.2. The van der Waals surface area contributed by atoms with Crippen LogP contribution in [0.15, 0.2) is 23.1 Å². The molecule has 0 aliphatic carbocycles. The van der Waals surface area contributed by atoms with Crippen LogP contribution in [0.2, 0.25) is 0 Å². The van der Waals surface area contributed by atoms with Crippen LogP contribution in [0.3, 0.4) is 0 Å². The van der Waals surface area contributed by atoms with Gasteiger partial charge < -0.3 is 10.2 Å². The van der Waals surface area contributed by atoms with E-state index >= 15 is 0 Å². The van der Waals surface area contributed by atoms with Gasteiger partial charge in [0.15, 0.2) is 6.67 Å². The first-order valence-corrected chi connectivity index (χ1v) is 11.2. The highest BCUT2D eigenvalue weighted by molar-refractivity contribution is 7.89. The fourth-order valence-corrected chi connectivity index (χ4v) is 5.51. The van der Waals surface area contributed by atoms with Crippen LogP contribution in [0.1, 0.15) is 30.9 Å². The molecule has 9 heteroatoms. The molecule has 0 saturated carbocycles. The summed E-state index contributed by atoms with van der Waals surface area (Å²) in [7, 11) is -3.54. The summed E-state index contributed by atoms with van der Waals surface area (Å²) >= 11 is 0. The molecule has 0 spiro atoms. The van der Waals surface area contributed by atoms with Crippen LogP contribution < -0.4 is 10.2 Å². The first-order valence-electron chi connectivity index (χ1n) is 9.77. The number of carbonyl (C=O) groups excluding carboxylic acids is 2. The van der Waals surface area contributed by atoms with E-state index in [0.29, 0.717) is 37.5 Å². The van der Waals surface area contributed by atoms with Crippen LogP contribution in [-0.4, -0.2) is 68.5 Å². The van der Waals surface area contributed by atoms with Gasteiger partial charge in [0.25, 0.3) is 5.91 Å². The Kier molecular flexibility index (Phi) is 6.07. The molecule has 1 atom stereocenters. The van der Waals surface area contributed by atoms with Gasteiger partial charge in [0.2, 0.25) is 10.0 Å². The Morgan fingerprint density at radius 1 is 1.18 bits per heavy atom. The van der Waals surface area contributed by atoms with Gasteiger partial charge in [-0.05, 0) is 31.9 Å². The SMILES string of the molecule is CCC[C@@H]1NC(=O)N(C[NH+]2CCN(S(=O)(=O)c3ccc(C)cc3C)CC2)C1=O. The second kappa shape index (κ2) is 8.18. The van der Waals surface area contributed by atoms with Crippen molar-refractivity contribution in [2.24, 2.45) is 0 Å². The fraction of sp³-hybridized carbons (Fsp3) is 0.579. The number of benzene rings is 1. The lowest BCUT2D eigenvalue weighted by Gasteiger charge is -2.33. The summed E-state index contributed by atoms with van der Waals surface area (Å²) in [5.74, 6) is -0.176. The molecule has 0 unspecified atom stereocenters. The second-order valence-electron chi connectivity index (χ2n) is 7.64. The number of hydrogen-bond acceptors (Lipinski definition) is 4. The molecule has 8 nitrogen and oxygen atoms in total. The number of rotatable bonds is 6. The van der Waals surface area contributed by atoms with Gasteiger partial charge in [0, 0.05) is 0 Å². The monoisotopic (exact) mass is 409 g/mol. The lowest BCUT2D eigenvalue weighted by atomic mass is 10.2. The van der Waals surface area contributed by atoms with Gasteiger partial charge in [-0.3, -0.25) is 4.79 Å². The van der Waals surface area contributed by atoms with E-state index in [9.17, 15) is 18.0 Å². The summed E-state index contributed by atoms with van der Waals surface area (Å²) in [6.45, 7) is 7.85. The molecule has 154 valence electrons. The summed E-state index contributed by atoms with van der Waals surface area (Å²) in [6, 6.07) is 4.58. The summed E-state index contributed by atoms with van der Waals surface area (Å²) in [4.78, 5) is 27.1. The average Bonchev–Trinajstić information content (AvgIpc) is 2.90. The van der Waals surface area contributed by atoms with E-state index in [1.54, 1.807) is 6.07 Å². The fourth-order valence-electron chi connectivity index (χ4n) is 3.86. The maximum absolute atomic E-state index is 13.0. The zero-order chi connectivity index (χ0) is 20.5. The molecule has 0 radical (unpaired) electrons. The second-order valence-corrected chi connectivity index (χ2v) is 9.54. The topological polar surface area (TPSA) is 91.2 Å². The molecule has 1 aromatic rings. The molecule has 2 heterocycles. The molecular formula is C19H29N4O4S+. The smallest absolute Gasteiger partial charge is 0.326 e. The average molecular weight is 410 g/mol. The molecule has 2 saturated heterocycles. The Labute approximate surface area is 166 Å². The Bertz CT molecular complexity index is 863. The number of amides is 3. The Hall–Kier alpha value is -1.97. The summed E-state index contributed by atoms with van der Waals surface area (Å²) < 4.78 is 27.5. The number of nitrogens with zero attached hydrogens (tertiary/aromatic N) is 2. The van der Waals surface area contributed by atoms with Crippen molar-refractivity contribution >= 4 is 22.0 Å². The number of piperazine rings is 1. The molecule has 1 aromatic carbocycles. The highest BCUT2D eigenvalue weighted by atomic mass is 32.2. The van der Waals surface area contributed by atoms with Crippen LogP contribution in [-0.2, 0) is 14.8 Å². The minimum absolute atomic E-state index is 0.176. The molecule has 2 N–H and O–H groups in total. The van der Waals surface area contributed by atoms with Crippen LogP contribution in [0, 0.1) is 13.8 Å². The molecular weight excluding hydrogens is 380 g/mol. The molecule has 3 rings (SSSR count). The van der Waals surface area contributed by atoms with Crippen molar-refractivity contribution in [1.29, 1.82) is 0 Å². The van der Waals surface area contributed by atoms with Gasteiger partial charge in [-0.25, -0.2) is 18.1 Å². The van der Waals surface area contributed by atoms with Crippen LogP contribution in [0.4, 0.5) is 4.79 Å². The number of aryl methyl sites for hydroxylation is 2. The molecule has 2 fully saturated rings. The van der Waals surface area contributed by atoms with E-state index in [4.69, 9.17) is 0 Å². The number of nitrogens with one attached hydrogen (secondary N) is 2. The van der Waals surface area contributed by atoms with Crippen LogP contribution in [0.5, 0.6) is 0 Å². The number of sulfonamides is 1. The van der Waals surface area contributed by atoms with Gasteiger partial charge in [-0.15, -0.1) is 0 Å². The van der Waals surface area contributed by atoms with E-state index in [2.05, 4.69) is 5.32 Å². The van der Waals surface area contributed by atoms with Crippen molar-refractivity contribution in [3.05, 3.63) is 29.3 Å². The largest absolute Gasteiger partial charge is 0.329 e. The highest BCUT2D eigenvalue weighted by Gasteiger charge is 2.40. The van der Waals surface area contributed by atoms with Crippen molar-refractivity contribution in [2.75, 3.05) is 32.8 Å². The third-order valence-electron chi connectivity index (χ3n) is 5.44. The van der Waals surface area contributed by atoms with Crippen molar-refractivity contribution in [3.63, 3.8) is 0 Å². The van der Waals surface area contributed by atoms with E-state index in [0.717, 1.165) is 22.4 Å². The highest BCUT2D eigenvalue weighted by Crippen LogP contribution is 2.21. The van der Waals surface area contributed by atoms with E-state index in [1.807, 2.05) is 32.9 Å². The standard InChI is InChI=1S/C19H28N4O4S/c1-4-5-16-18(24)23(19(25)20-16)13-21-8-10-22(11-9-21)28(26,27)17-7-6-14(2)12-15(17)3/h6-7,12,16H,4-5,8-11,13H2,1-3H3,(H,20,25)/p+1/t16-/m0/s1. The van der Waals surface area contributed by atoms with Gasteiger partial charge in [0.05, 0.1) is 31.1 Å². The number of imide groups is 1. The van der Waals surface area contributed by atoms with Gasteiger partial charge >= 0.3 is 6.03 Å². The van der Waals surface area contributed by atoms with Crippen molar-refractivity contribution in [1.82, 2.24) is 14.5 Å². The summed E-state index contributed by atoms with van der Waals surface area (Å²) in [6.07, 6.45) is 1.46. The third kappa shape index (κ3) is 4.06. The predicted molar refractivity (Wildman–Crippen MR) is 104 cm³/mol. The minimum Gasteiger partial charge on any atom is -0.326 e. The molecule has 0 aromatic heterocycles. The van der Waals surface area contributed by atoms with E-state index < -0.39 is 16.1 Å². The molecule has 2 aliphatic heterocycles. The van der Waals surface area contributed by atoms with E-state index in [1.165, 1.54) is 9.21 Å². The molecule has 28 heavy (non-hydrogen) atoms. The molecule has 3 amide bonds. The number of urea groups is 1. The first kappa shape index (κ1) is 20.8. The predicted octanol–water partition coefficient (Wildman–Crippen LogP) is -0.129. The number of hydrogen-bond donors (Lipinski definition) is 2. The maximum atomic E-state index is 13.0. The minimum atomic E-state index is -3.54. The molecule has 2 aliphatic rings. The van der Waals surface area contributed by atoms with Gasteiger partial charge in [-0.2, -0.15) is 4.31 Å². The zero-order valence-electron chi connectivity index (χ0n) is 16.7.